The summed E-state index contributed by atoms with van der Waals surface area (Å²) < 4.78 is 16.1. The molecular formula is C18H16N2O4. The predicted molar refractivity (Wildman–Crippen MR) is 85.7 cm³/mol. The summed E-state index contributed by atoms with van der Waals surface area (Å²) in [5, 5.41) is 8.75. The van der Waals surface area contributed by atoms with Crippen molar-refractivity contribution >= 4 is 5.91 Å². The van der Waals surface area contributed by atoms with E-state index in [0.29, 0.717) is 23.6 Å². The zero-order chi connectivity index (χ0) is 16.9. The highest BCUT2D eigenvalue weighted by molar-refractivity contribution is 5.77. The van der Waals surface area contributed by atoms with Gasteiger partial charge in [-0.3, -0.25) is 4.79 Å². The largest absolute Gasteiger partial charge is 0.484 e. The molecule has 0 aromatic heterocycles. The minimum Gasteiger partial charge on any atom is -0.484 e. The Balaban J connectivity index is 1.53. The van der Waals surface area contributed by atoms with Crippen LogP contribution in [0.3, 0.4) is 0 Å². The molecule has 0 saturated heterocycles. The first-order valence-electron chi connectivity index (χ1n) is 7.41. The van der Waals surface area contributed by atoms with Crippen molar-refractivity contribution in [3.05, 3.63) is 53.6 Å². The van der Waals surface area contributed by atoms with Crippen LogP contribution in [-0.2, 0) is 11.3 Å². The van der Waals surface area contributed by atoms with Crippen LogP contribution >= 0.6 is 0 Å². The highest BCUT2D eigenvalue weighted by atomic mass is 16.7. The van der Waals surface area contributed by atoms with Crippen molar-refractivity contribution in [2.45, 2.75) is 6.54 Å². The van der Waals surface area contributed by atoms with E-state index in [1.165, 1.54) is 0 Å². The number of hydrogen-bond donors (Lipinski definition) is 0. The van der Waals surface area contributed by atoms with E-state index < -0.39 is 0 Å². The van der Waals surface area contributed by atoms with Crippen LogP contribution in [0.1, 0.15) is 11.1 Å². The smallest absolute Gasteiger partial charge is 0.260 e. The third-order valence-corrected chi connectivity index (χ3v) is 3.63. The second kappa shape index (κ2) is 6.92. The molecule has 0 spiro atoms. The molecule has 6 heteroatoms. The van der Waals surface area contributed by atoms with Gasteiger partial charge in [-0.2, -0.15) is 5.26 Å². The van der Waals surface area contributed by atoms with Gasteiger partial charge in [-0.1, -0.05) is 6.07 Å². The maximum atomic E-state index is 12.2. The summed E-state index contributed by atoms with van der Waals surface area (Å²) in [4.78, 5) is 13.8. The number of rotatable bonds is 5. The van der Waals surface area contributed by atoms with Gasteiger partial charge in [0.1, 0.15) is 5.75 Å². The van der Waals surface area contributed by atoms with Crippen molar-refractivity contribution in [3.8, 4) is 23.3 Å². The van der Waals surface area contributed by atoms with Gasteiger partial charge in [0.2, 0.25) is 6.79 Å². The fourth-order valence-electron chi connectivity index (χ4n) is 2.28. The molecule has 0 saturated carbocycles. The van der Waals surface area contributed by atoms with Gasteiger partial charge in [0.05, 0.1) is 11.6 Å². The molecular weight excluding hydrogens is 308 g/mol. The molecule has 6 nitrogen and oxygen atoms in total. The summed E-state index contributed by atoms with van der Waals surface area (Å²) in [7, 11) is 1.72. The fraction of sp³-hybridized carbons (Fsp3) is 0.222. The third-order valence-electron chi connectivity index (χ3n) is 3.63. The van der Waals surface area contributed by atoms with Gasteiger partial charge in [-0.05, 0) is 42.0 Å². The zero-order valence-electron chi connectivity index (χ0n) is 13.2. The molecule has 1 aliphatic rings. The van der Waals surface area contributed by atoms with Gasteiger partial charge in [0.15, 0.2) is 18.1 Å². The van der Waals surface area contributed by atoms with Crippen LogP contribution in [0.25, 0.3) is 0 Å². The molecule has 1 amide bonds. The van der Waals surface area contributed by atoms with Gasteiger partial charge >= 0.3 is 0 Å². The van der Waals surface area contributed by atoms with Crippen LogP contribution in [0.15, 0.2) is 42.5 Å². The van der Waals surface area contributed by atoms with Crippen molar-refractivity contribution in [1.82, 2.24) is 4.90 Å². The first kappa shape index (κ1) is 15.7. The number of likely N-dealkylation sites (N-methyl/N-ethyl adjacent to an activating group) is 1. The molecule has 122 valence electrons. The van der Waals surface area contributed by atoms with Gasteiger partial charge in [0, 0.05) is 13.6 Å². The molecule has 24 heavy (non-hydrogen) atoms. The van der Waals surface area contributed by atoms with E-state index in [-0.39, 0.29) is 19.3 Å². The Kier molecular flexibility index (Phi) is 4.52. The summed E-state index contributed by atoms with van der Waals surface area (Å²) in [6, 6.07) is 14.3. The van der Waals surface area contributed by atoms with Crippen LogP contribution in [0, 0.1) is 11.3 Å². The molecule has 0 bridgehead atoms. The second-order valence-corrected chi connectivity index (χ2v) is 5.36. The van der Waals surface area contributed by atoms with Crippen LogP contribution in [0.5, 0.6) is 17.2 Å². The average molecular weight is 324 g/mol. The summed E-state index contributed by atoms with van der Waals surface area (Å²) in [5.74, 6) is 1.83. The Morgan fingerprint density at radius 1 is 1.21 bits per heavy atom. The van der Waals surface area contributed by atoms with E-state index >= 15 is 0 Å². The first-order chi connectivity index (χ1) is 11.7. The fourth-order valence-corrected chi connectivity index (χ4v) is 2.28. The molecule has 2 aromatic carbocycles. The van der Waals surface area contributed by atoms with Crippen molar-refractivity contribution < 1.29 is 19.0 Å². The monoisotopic (exact) mass is 324 g/mol. The maximum Gasteiger partial charge on any atom is 0.260 e. The number of hydrogen-bond acceptors (Lipinski definition) is 5. The molecule has 0 atom stereocenters. The lowest BCUT2D eigenvalue weighted by atomic mass is 10.2. The van der Waals surface area contributed by atoms with Crippen molar-refractivity contribution in [2.75, 3.05) is 20.4 Å². The molecule has 1 aliphatic heterocycles. The molecule has 0 N–H and O–H groups in total. The molecule has 2 aromatic rings. The van der Waals surface area contributed by atoms with Gasteiger partial charge in [-0.25, -0.2) is 0 Å². The van der Waals surface area contributed by atoms with Crippen LogP contribution < -0.4 is 14.2 Å². The lowest BCUT2D eigenvalue weighted by Gasteiger charge is -2.17. The first-order valence-corrected chi connectivity index (χ1v) is 7.41. The quantitative estimate of drug-likeness (QED) is 0.844. The van der Waals surface area contributed by atoms with E-state index in [2.05, 4.69) is 0 Å². The van der Waals surface area contributed by atoms with Crippen LogP contribution in [0.4, 0.5) is 0 Å². The summed E-state index contributed by atoms with van der Waals surface area (Å²) in [5.41, 5.74) is 1.50. The number of fused-ring (bicyclic) bond motifs is 1. The highest BCUT2D eigenvalue weighted by Gasteiger charge is 2.15. The second-order valence-electron chi connectivity index (χ2n) is 5.36. The van der Waals surface area contributed by atoms with Crippen LogP contribution in [0.2, 0.25) is 0 Å². The zero-order valence-corrected chi connectivity index (χ0v) is 13.2. The Morgan fingerprint density at radius 3 is 2.71 bits per heavy atom. The number of nitrogens with zero attached hydrogens (tertiary/aromatic N) is 2. The van der Waals surface area contributed by atoms with Crippen LogP contribution in [-0.4, -0.2) is 31.3 Å². The van der Waals surface area contributed by atoms with Gasteiger partial charge in [0.25, 0.3) is 5.91 Å². The normalized spacial score (nSPS) is 11.7. The Labute approximate surface area is 139 Å². The standard InChI is InChI=1S/C18H16N2O4/c1-20(10-14-4-7-16-17(8-14)24-12-23-16)18(21)11-22-15-5-2-13(9-19)3-6-15/h2-8H,10-12H2,1H3. The number of benzene rings is 2. The molecule has 0 unspecified atom stereocenters. The summed E-state index contributed by atoms with van der Waals surface area (Å²) in [6.45, 7) is 0.616. The topological polar surface area (TPSA) is 71.8 Å². The minimum atomic E-state index is -0.142. The summed E-state index contributed by atoms with van der Waals surface area (Å²) in [6.07, 6.45) is 0. The van der Waals surface area contributed by atoms with E-state index in [1.807, 2.05) is 24.3 Å². The molecule has 3 rings (SSSR count). The predicted octanol–water partition coefficient (Wildman–Crippen LogP) is 2.32. The van der Waals surface area contributed by atoms with Gasteiger partial charge < -0.3 is 19.1 Å². The van der Waals surface area contributed by atoms with Crippen molar-refractivity contribution in [2.24, 2.45) is 0 Å². The highest BCUT2D eigenvalue weighted by Crippen LogP contribution is 2.32. The van der Waals surface area contributed by atoms with E-state index in [1.54, 1.807) is 36.2 Å². The average Bonchev–Trinajstić information content (AvgIpc) is 3.07. The third kappa shape index (κ3) is 3.58. The number of nitriles is 1. The molecule has 0 radical (unpaired) electrons. The lowest BCUT2D eigenvalue weighted by molar-refractivity contribution is -0.132. The number of carbonyl (C=O) groups excluding carboxylic acids is 1. The Bertz CT molecular complexity index is 781. The number of amides is 1. The van der Waals surface area contributed by atoms with E-state index in [0.717, 1.165) is 11.3 Å². The van der Waals surface area contributed by atoms with E-state index in [4.69, 9.17) is 19.5 Å². The summed E-state index contributed by atoms with van der Waals surface area (Å²) >= 11 is 0. The molecule has 0 aliphatic carbocycles. The van der Waals surface area contributed by atoms with Gasteiger partial charge in [-0.15, -0.1) is 0 Å². The van der Waals surface area contributed by atoms with Crippen molar-refractivity contribution in [1.29, 1.82) is 5.26 Å². The Hall–Kier alpha value is -3.20. The minimum absolute atomic E-state index is 0.0625. The van der Waals surface area contributed by atoms with E-state index in [9.17, 15) is 4.79 Å². The Morgan fingerprint density at radius 2 is 1.96 bits per heavy atom. The lowest BCUT2D eigenvalue weighted by Crippen LogP contribution is -2.30. The van der Waals surface area contributed by atoms with Crippen molar-refractivity contribution in [3.63, 3.8) is 0 Å². The molecule has 1 heterocycles. The molecule has 0 fully saturated rings. The SMILES string of the molecule is CN(Cc1ccc2c(c1)OCO2)C(=O)COc1ccc(C#N)cc1. The maximum absolute atomic E-state index is 12.2. The number of carbonyl (C=O) groups is 1. The number of ether oxygens (including phenoxy) is 3.